The molecule has 1 fully saturated rings. The fourth-order valence-electron chi connectivity index (χ4n) is 2.12. The summed E-state index contributed by atoms with van der Waals surface area (Å²) >= 11 is 0. The Morgan fingerprint density at radius 3 is 2.73 bits per heavy atom. The highest BCUT2D eigenvalue weighted by molar-refractivity contribution is 5.28. The zero-order chi connectivity index (χ0) is 10.7. The molecule has 0 atom stereocenters. The lowest BCUT2D eigenvalue weighted by Crippen LogP contribution is -2.39. The molecule has 1 saturated heterocycles. The van der Waals surface area contributed by atoms with Gasteiger partial charge in [-0.15, -0.1) is 0 Å². The first-order valence-electron chi connectivity index (χ1n) is 5.47. The second kappa shape index (κ2) is 4.31. The van der Waals surface area contributed by atoms with Gasteiger partial charge in [-0.2, -0.15) is 0 Å². The zero-order valence-corrected chi connectivity index (χ0v) is 8.87. The molecule has 3 nitrogen and oxygen atoms in total. The van der Waals surface area contributed by atoms with Crippen molar-refractivity contribution in [1.29, 1.82) is 0 Å². The average Bonchev–Trinajstić information content (AvgIpc) is 2.30. The van der Waals surface area contributed by atoms with Crippen molar-refractivity contribution in [2.24, 2.45) is 5.73 Å². The van der Waals surface area contributed by atoms with Crippen LogP contribution >= 0.6 is 0 Å². The summed E-state index contributed by atoms with van der Waals surface area (Å²) in [6.45, 7) is 2.29. The molecule has 1 aliphatic rings. The Morgan fingerprint density at radius 2 is 2.07 bits per heavy atom. The maximum atomic E-state index is 10.5. The Kier molecular flexibility index (Phi) is 3.05. The van der Waals surface area contributed by atoms with Gasteiger partial charge in [0.1, 0.15) is 0 Å². The number of piperidine rings is 1. The summed E-state index contributed by atoms with van der Waals surface area (Å²) < 4.78 is 0. The van der Waals surface area contributed by atoms with Gasteiger partial charge >= 0.3 is 0 Å². The van der Waals surface area contributed by atoms with Gasteiger partial charge in [0.25, 0.3) is 0 Å². The van der Waals surface area contributed by atoms with Crippen molar-refractivity contribution in [1.82, 2.24) is 5.32 Å². The summed E-state index contributed by atoms with van der Waals surface area (Å²) in [5, 5.41) is 13.7. The highest BCUT2D eigenvalue weighted by Gasteiger charge is 2.30. The highest BCUT2D eigenvalue weighted by Crippen LogP contribution is 2.30. The summed E-state index contributed by atoms with van der Waals surface area (Å²) in [6, 6.07) is 7.97. The topological polar surface area (TPSA) is 58.3 Å². The third-order valence-corrected chi connectivity index (χ3v) is 3.13. The van der Waals surface area contributed by atoms with Crippen molar-refractivity contribution in [3.63, 3.8) is 0 Å². The van der Waals surface area contributed by atoms with Crippen LogP contribution in [0.3, 0.4) is 0 Å². The lowest BCUT2D eigenvalue weighted by molar-refractivity contribution is 0.00588. The molecule has 1 aromatic rings. The Morgan fingerprint density at radius 1 is 1.33 bits per heavy atom. The highest BCUT2D eigenvalue weighted by atomic mass is 16.3. The van der Waals surface area contributed by atoms with Crippen molar-refractivity contribution < 1.29 is 5.11 Å². The predicted octanol–water partition coefficient (Wildman–Crippen LogP) is 0.716. The van der Waals surface area contributed by atoms with Crippen molar-refractivity contribution in [2.75, 3.05) is 13.1 Å². The molecule has 82 valence electrons. The second-order valence-electron chi connectivity index (χ2n) is 4.19. The molecule has 0 saturated carbocycles. The molecule has 1 aromatic carbocycles. The van der Waals surface area contributed by atoms with Crippen LogP contribution in [0.25, 0.3) is 0 Å². The molecule has 2 rings (SSSR count). The first kappa shape index (κ1) is 10.6. The smallest absolute Gasteiger partial charge is 0.0920 e. The molecule has 15 heavy (non-hydrogen) atoms. The van der Waals surface area contributed by atoms with Gasteiger partial charge in [-0.05, 0) is 37.1 Å². The Bertz CT molecular complexity index is 332. The van der Waals surface area contributed by atoms with E-state index in [1.54, 1.807) is 0 Å². The van der Waals surface area contributed by atoms with Crippen LogP contribution in [-0.4, -0.2) is 18.2 Å². The van der Waals surface area contributed by atoms with Crippen molar-refractivity contribution in [3.05, 3.63) is 35.4 Å². The van der Waals surface area contributed by atoms with Crippen molar-refractivity contribution in [2.45, 2.75) is 25.0 Å². The minimum Gasteiger partial charge on any atom is -0.385 e. The van der Waals surface area contributed by atoms with Crippen LogP contribution in [0.2, 0.25) is 0 Å². The Balaban J connectivity index is 2.26. The molecular formula is C12H18N2O. The van der Waals surface area contributed by atoms with Gasteiger partial charge in [0, 0.05) is 6.54 Å². The molecule has 0 aromatic heterocycles. The number of aliphatic hydroxyl groups is 1. The number of hydrogen-bond donors (Lipinski definition) is 3. The van der Waals surface area contributed by atoms with Crippen LogP contribution < -0.4 is 11.1 Å². The fraction of sp³-hybridized carbons (Fsp3) is 0.500. The number of nitrogens with one attached hydrogen (secondary N) is 1. The van der Waals surface area contributed by atoms with Gasteiger partial charge in [0.2, 0.25) is 0 Å². The predicted molar refractivity (Wildman–Crippen MR) is 60.3 cm³/mol. The van der Waals surface area contributed by atoms with E-state index in [1.807, 2.05) is 24.3 Å². The summed E-state index contributed by atoms with van der Waals surface area (Å²) in [4.78, 5) is 0. The Hall–Kier alpha value is -0.900. The van der Waals surface area contributed by atoms with E-state index < -0.39 is 5.60 Å². The maximum absolute atomic E-state index is 10.5. The summed E-state index contributed by atoms with van der Waals surface area (Å²) in [6.07, 6.45) is 1.56. The fourth-order valence-corrected chi connectivity index (χ4v) is 2.12. The molecule has 1 aliphatic heterocycles. The lowest BCUT2D eigenvalue weighted by Gasteiger charge is -2.33. The SMILES string of the molecule is NCc1cccc(C2(O)CCNCC2)c1. The molecule has 0 radical (unpaired) electrons. The van der Waals surface area contributed by atoms with Crippen LogP contribution in [-0.2, 0) is 12.1 Å². The lowest BCUT2D eigenvalue weighted by atomic mass is 9.84. The minimum atomic E-state index is -0.656. The summed E-state index contributed by atoms with van der Waals surface area (Å²) in [5.41, 5.74) is 7.03. The number of benzene rings is 1. The van der Waals surface area contributed by atoms with Crippen LogP contribution in [0.4, 0.5) is 0 Å². The van der Waals surface area contributed by atoms with E-state index in [0.29, 0.717) is 6.54 Å². The van der Waals surface area contributed by atoms with Crippen LogP contribution in [0.1, 0.15) is 24.0 Å². The molecule has 0 bridgehead atoms. The largest absolute Gasteiger partial charge is 0.385 e. The van der Waals surface area contributed by atoms with E-state index in [9.17, 15) is 5.11 Å². The van der Waals surface area contributed by atoms with Crippen LogP contribution in [0, 0.1) is 0 Å². The molecule has 0 spiro atoms. The normalized spacial score (nSPS) is 20.1. The quantitative estimate of drug-likeness (QED) is 0.668. The molecule has 0 unspecified atom stereocenters. The molecule has 3 heteroatoms. The Labute approximate surface area is 90.3 Å². The summed E-state index contributed by atoms with van der Waals surface area (Å²) in [7, 11) is 0. The van der Waals surface area contributed by atoms with Gasteiger partial charge in [-0.3, -0.25) is 0 Å². The first-order chi connectivity index (χ1) is 7.24. The third kappa shape index (κ3) is 2.20. The second-order valence-corrected chi connectivity index (χ2v) is 4.19. The van der Waals surface area contributed by atoms with Gasteiger partial charge in [0.15, 0.2) is 0 Å². The van der Waals surface area contributed by atoms with E-state index in [0.717, 1.165) is 37.1 Å². The minimum absolute atomic E-state index is 0.530. The van der Waals surface area contributed by atoms with Gasteiger partial charge in [0.05, 0.1) is 5.60 Å². The monoisotopic (exact) mass is 206 g/mol. The van der Waals surface area contributed by atoms with Crippen LogP contribution in [0.5, 0.6) is 0 Å². The van der Waals surface area contributed by atoms with Crippen molar-refractivity contribution in [3.8, 4) is 0 Å². The van der Waals surface area contributed by atoms with E-state index >= 15 is 0 Å². The third-order valence-electron chi connectivity index (χ3n) is 3.13. The van der Waals surface area contributed by atoms with E-state index in [1.165, 1.54) is 0 Å². The zero-order valence-electron chi connectivity index (χ0n) is 8.87. The van der Waals surface area contributed by atoms with E-state index in [2.05, 4.69) is 5.32 Å². The molecule has 4 N–H and O–H groups in total. The van der Waals surface area contributed by atoms with Gasteiger partial charge in [-0.25, -0.2) is 0 Å². The van der Waals surface area contributed by atoms with E-state index in [-0.39, 0.29) is 0 Å². The molecule has 0 aliphatic carbocycles. The first-order valence-corrected chi connectivity index (χ1v) is 5.47. The van der Waals surface area contributed by atoms with E-state index in [4.69, 9.17) is 5.73 Å². The van der Waals surface area contributed by atoms with Gasteiger partial charge < -0.3 is 16.2 Å². The van der Waals surface area contributed by atoms with Gasteiger partial charge in [-0.1, -0.05) is 24.3 Å². The molecule has 0 amide bonds. The summed E-state index contributed by atoms with van der Waals surface area (Å²) in [5.74, 6) is 0. The average molecular weight is 206 g/mol. The number of nitrogens with two attached hydrogens (primary N) is 1. The maximum Gasteiger partial charge on any atom is 0.0920 e. The molecule has 1 heterocycles. The van der Waals surface area contributed by atoms with Crippen molar-refractivity contribution >= 4 is 0 Å². The standard InChI is InChI=1S/C12H18N2O/c13-9-10-2-1-3-11(8-10)12(15)4-6-14-7-5-12/h1-3,8,14-15H,4-7,9,13H2. The van der Waals surface area contributed by atoms with Crippen LogP contribution in [0.15, 0.2) is 24.3 Å². The number of hydrogen-bond acceptors (Lipinski definition) is 3. The molecular weight excluding hydrogens is 188 g/mol. The number of rotatable bonds is 2.